The lowest BCUT2D eigenvalue weighted by atomic mass is 9.97. The lowest BCUT2D eigenvalue weighted by Gasteiger charge is -2.30. The standard InChI is InChI=1S/C13H24N2O4/c1-19-9-3-2-6-14-10-12(16)15-7-4-11(5-8-15)13(17)18/h11,14H,2-10H2,1H3,(H,17,18). The largest absolute Gasteiger partial charge is 0.481 e. The number of piperidine rings is 1. The Bertz CT molecular complexity index is 288. The summed E-state index contributed by atoms with van der Waals surface area (Å²) >= 11 is 0. The van der Waals surface area contributed by atoms with Crippen LogP contribution in [0.3, 0.4) is 0 Å². The first-order valence-corrected chi connectivity index (χ1v) is 6.85. The Morgan fingerprint density at radius 2 is 2.00 bits per heavy atom. The lowest BCUT2D eigenvalue weighted by molar-refractivity contribution is -0.145. The average Bonchev–Trinajstić information content (AvgIpc) is 2.42. The Kier molecular flexibility index (Phi) is 7.43. The number of carbonyl (C=O) groups is 2. The normalized spacial score (nSPS) is 16.6. The number of carbonyl (C=O) groups excluding carboxylic acids is 1. The maximum atomic E-state index is 11.9. The first-order valence-electron chi connectivity index (χ1n) is 6.85. The summed E-state index contributed by atoms with van der Waals surface area (Å²) in [6.07, 6.45) is 3.10. The van der Waals surface area contributed by atoms with Gasteiger partial charge in [0.1, 0.15) is 0 Å². The van der Waals surface area contributed by atoms with Crippen LogP contribution in [0.2, 0.25) is 0 Å². The zero-order valence-corrected chi connectivity index (χ0v) is 11.6. The minimum absolute atomic E-state index is 0.0654. The smallest absolute Gasteiger partial charge is 0.306 e. The van der Waals surface area contributed by atoms with E-state index >= 15 is 0 Å². The molecule has 1 fully saturated rings. The number of hydrogen-bond donors (Lipinski definition) is 2. The molecule has 0 atom stereocenters. The van der Waals surface area contributed by atoms with Crippen molar-refractivity contribution in [2.75, 3.05) is 39.9 Å². The van der Waals surface area contributed by atoms with E-state index in [-0.39, 0.29) is 11.8 Å². The van der Waals surface area contributed by atoms with Gasteiger partial charge in [0.05, 0.1) is 12.5 Å². The molecule has 2 N–H and O–H groups in total. The molecule has 6 nitrogen and oxygen atoms in total. The van der Waals surface area contributed by atoms with Gasteiger partial charge < -0.3 is 20.1 Å². The number of amides is 1. The van der Waals surface area contributed by atoms with Gasteiger partial charge in [-0.25, -0.2) is 0 Å². The Balaban J connectivity index is 2.09. The molecular weight excluding hydrogens is 248 g/mol. The van der Waals surface area contributed by atoms with E-state index in [1.807, 2.05) is 0 Å². The molecule has 0 radical (unpaired) electrons. The van der Waals surface area contributed by atoms with Gasteiger partial charge in [-0.15, -0.1) is 0 Å². The minimum atomic E-state index is -0.747. The van der Waals surface area contributed by atoms with Crippen LogP contribution in [0.4, 0.5) is 0 Å². The molecule has 0 unspecified atom stereocenters. The number of carboxylic acid groups (broad SMARTS) is 1. The van der Waals surface area contributed by atoms with Crippen molar-refractivity contribution >= 4 is 11.9 Å². The van der Waals surface area contributed by atoms with Gasteiger partial charge in [0, 0.05) is 26.8 Å². The van der Waals surface area contributed by atoms with Crippen LogP contribution in [0.5, 0.6) is 0 Å². The summed E-state index contributed by atoms with van der Waals surface area (Å²) < 4.78 is 4.94. The summed E-state index contributed by atoms with van der Waals surface area (Å²) in [4.78, 5) is 24.4. The fourth-order valence-electron chi connectivity index (χ4n) is 2.18. The van der Waals surface area contributed by atoms with Crippen molar-refractivity contribution in [2.24, 2.45) is 5.92 Å². The van der Waals surface area contributed by atoms with Gasteiger partial charge in [-0.1, -0.05) is 0 Å². The van der Waals surface area contributed by atoms with Crippen molar-refractivity contribution in [1.82, 2.24) is 10.2 Å². The van der Waals surface area contributed by atoms with Gasteiger partial charge >= 0.3 is 5.97 Å². The molecule has 1 rings (SSSR count). The number of hydrogen-bond acceptors (Lipinski definition) is 4. The Morgan fingerprint density at radius 3 is 2.58 bits per heavy atom. The summed E-state index contributed by atoms with van der Waals surface area (Å²) in [7, 11) is 1.68. The number of ether oxygens (including phenoxy) is 1. The molecule has 0 bridgehead atoms. The highest BCUT2D eigenvalue weighted by Crippen LogP contribution is 2.16. The molecule has 0 spiro atoms. The first kappa shape index (κ1) is 15.9. The number of carboxylic acids is 1. The fraction of sp³-hybridized carbons (Fsp3) is 0.846. The Labute approximate surface area is 114 Å². The van der Waals surface area contributed by atoms with Gasteiger partial charge in [-0.2, -0.15) is 0 Å². The van der Waals surface area contributed by atoms with Gasteiger partial charge in [0.2, 0.25) is 5.91 Å². The highest BCUT2D eigenvalue weighted by molar-refractivity contribution is 5.78. The van der Waals surface area contributed by atoms with Gasteiger partial charge in [0.25, 0.3) is 0 Å². The monoisotopic (exact) mass is 272 g/mol. The van der Waals surface area contributed by atoms with Crippen LogP contribution in [0, 0.1) is 5.92 Å². The van der Waals surface area contributed by atoms with Crippen molar-refractivity contribution in [3.05, 3.63) is 0 Å². The predicted molar refractivity (Wildman–Crippen MR) is 70.9 cm³/mol. The Hall–Kier alpha value is -1.14. The summed E-state index contributed by atoms with van der Waals surface area (Å²) in [5.41, 5.74) is 0. The van der Waals surface area contributed by atoms with Crippen LogP contribution >= 0.6 is 0 Å². The topological polar surface area (TPSA) is 78.9 Å². The van der Waals surface area contributed by atoms with E-state index in [2.05, 4.69) is 5.32 Å². The lowest BCUT2D eigenvalue weighted by Crippen LogP contribution is -2.44. The molecule has 0 aromatic heterocycles. The molecule has 1 aliphatic heterocycles. The van der Waals surface area contributed by atoms with E-state index < -0.39 is 5.97 Å². The summed E-state index contributed by atoms with van der Waals surface area (Å²) in [5, 5.41) is 12.0. The molecule has 0 aromatic rings. The SMILES string of the molecule is COCCCCNCC(=O)N1CCC(C(=O)O)CC1. The van der Waals surface area contributed by atoms with E-state index in [9.17, 15) is 9.59 Å². The third-order valence-electron chi connectivity index (χ3n) is 3.43. The number of nitrogens with zero attached hydrogens (tertiary/aromatic N) is 1. The second kappa shape index (κ2) is 8.87. The van der Waals surface area contributed by atoms with Crippen LogP contribution in [0.25, 0.3) is 0 Å². The zero-order valence-electron chi connectivity index (χ0n) is 11.6. The Morgan fingerprint density at radius 1 is 1.32 bits per heavy atom. The molecule has 19 heavy (non-hydrogen) atoms. The molecular formula is C13H24N2O4. The molecule has 0 saturated carbocycles. The van der Waals surface area contributed by atoms with E-state index in [1.165, 1.54) is 0 Å². The highest BCUT2D eigenvalue weighted by Gasteiger charge is 2.26. The number of aliphatic carboxylic acids is 1. The summed E-state index contributed by atoms with van der Waals surface area (Å²) in [6.45, 7) is 3.01. The molecule has 1 heterocycles. The third-order valence-corrected chi connectivity index (χ3v) is 3.43. The molecule has 0 aromatic carbocycles. The third kappa shape index (κ3) is 6.02. The van der Waals surface area contributed by atoms with Crippen LogP contribution in [0.15, 0.2) is 0 Å². The van der Waals surface area contributed by atoms with E-state index in [0.29, 0.717) is 32.5 Å². The first-order chi connectivity index (χ1) is 9.15. The quantitative estimate of drug-likeness (QED) is 0.622. The van der Waals surface area contributed by atoms with Crippen molar-refractivity contribution < 1.29 is 19.4 Å². The number of rotatable bonds is 8. The molecule has 1 aliphatic rings. The van der Waals surface area contributed by atoms with Crippen molar-refractivity contribution in [2.45, 2.75) is 25.7 Å². The number of nitrogens with one attached hydrogen (secondary N) is 1. The molecule has 6 heteroatoms. The van der Waals surface area contributed by atoms with E-state index in [4.69, 9.17) is 9.84 Å². The van der Waals surface area contributed by atoms with Gasteiger partial charge in [-0.05, 0) is 32.2 Å². The van der Waals surface area contributed by atoms with Crippen LogP contribution in [-0.2, 0) is 14.3 Å². The molecule has 1 amide bonds. The van der Waals surface area contributed by atoms with Crippen molar-refractivity contribution in [3.63, 3.8) is 0 Å². The van der Waals surface area contributed by atoms with Crippen LogP contribution in [-0.4, -0.2) is 61.8 Å². The maximum absolute atomic E-state index is 11.9. The second-order valence-electron chi connectivity index (χ2n) is 4.87. The van der Waals surface area contributed by atoms with Crippen molar-refractivity contribution in [1.29, 1.82) is 0 Å². The molecule has 0 aliphatic carbocycles. The van der Waals surface area contributed by atoms with E-state index in [0.717, 1.165) is 26.0 Å². The molecule has 1 saturated heterocycles. The van der Waals surface area contributed by atoms with Crippen LogP contribution < -0.4 is 5.32 Å². The zero-order chi connectivity index (χ0) is 14.1. The maximum Gasteiger partial charge on any atom is 0.306 e. The minimum Gasteiger partial charge on any atom is -0.481 e. The van der Waals surface area contributed by atoms with Crippen molar-refractivity contribution in [3.8, 4) is 0 Å². The predicted octanol–water partition coefficient (Wildman–Crippen LogP) is 0.326. The number of likely N-dealkylation sites (tertiary alicyclic amines) is 1. The summed E-state index contributed by atoms with van der Waals surface area (Å²) in [5.74, 6) is -0.968. The highest BCUT2D eigenvalue weighted by atomic mass is 16.5. The van der Waals surface area contributed by atoms with E-state index in [1.54, 1.807) is 12.0 Å². The van der Waals surface area contributed by atoms with Gasteiger partial charge in [-0.3, -0.25) is 9.59 Å². The average molecular weight is 272 g/mol. The molecule has 110 valence electrons. The second-order valence-corrected chi connectivity index (χ2v) is 4.87. The number of methoxy groups -OCH3 is 1. The fourth-order valence-corrected chi connectivity index (χ4v) is 2.18. The number of unbranched alkanes of at least 4 members (excludes halogenated alkanes) is 1. The summed E-state index contributed by atoms with van der Waals surface area (Å²) in [6, 6.07) is 0. The van der Waals surface area contributed by atoms with Gasteiger partial charge in [0.15, 0.2) is 0 Å². The van der Waals surface area contributed by atoms with Crippen LogP contribution in [0.1, 0.15) is 25.7 Å².